The Kier molecular flexibility index (Phi) is 10.0. The van der Waals surface area contributed by atoms with Gasteiger partial charge in [0.15, 0.2) is 0 Å². The molecule has 20 heavy (non-hydrogen) atoms. The number of aryl methyl sites for hydroxylation is 1. The molecule has 0 radical (unpaired) electrons. The van der Waals surface area contributed by atoms with Crippen molar-refractivity contribution in [3.8, 4) is 0 Å². The van der Waals surface area contributed by atoms with Crippen LogP contribution in [0.4, 0.5) is 5.69 Å². The van der Waals surface area contributed by atoms with Gasteiger partial charge in [-0.2, -0.15) is 0 Å². The fourth-order valence-electron chi connectivity index (χ4n) is 2.33. The van der Waals surface area contributed by atoms with E-state index in [-0.39, 0.29) is 0 Å². The van der Waals surface area contributed by atoms with E-state index in [4.69, 9.17) is 0 Å². The molecule has 0 aliphatic heterocycles. The lowest BCUT2D eigenvalue weighted by Gasteiger charge is -2.08. The van der Waals surface area contributed by atoms with Crippen molar-refractivity contribution in [1.82, 2.24) is 5.32 Å². The molecule has 1 aromatic carbocycles. The van der Waals surface area contributed by atoms with E-state index in [9.17, 15) is 0 Å². The number of hydrogen-bond donors (Lipinski definition) is 2. The molecule has 0 fully saturated rings. The average molecular weight is 276 g/mol. The molecule has 2 heteroatoms. The Labute approximate surface area is 125 Å². The Morgan fingerprint density at radius 1 is 0.800 bits per heavy atom. The molecule has 2 nitrogen and oxygen atoms in total. The first-order chi connectivity index (χ1) is 9.86. The molecular formula is C18H32N2. The molecule has 0 saturated carbocycles. The Morgan fingerprint density at radius 2 is 1.50 bits per heavy atom. The second-order valence-electron chi connectivity index (χ2n) is 5.57. The van der Waals surface area contributed by atoms with Crippen molar-refractivity contribution in [3.63, 3.8) is 0 Å². The van der Waals surface area contributed by atoms with Gasteiger partial charge in [0.2, 0.25) is 0 Å². The smallest absolute Gasteiger partial charge is 0.0653 e. The van der Waals surface area contributed by atoms with E-state index in [1.807, 2.05) is 0 Å². The predicted molar refractivity (Wildman–Crippen MR) is 90.3 cm³/mol. The zero-order chi connectivity index (χ0) is 14.5. The second-order valence-corrected chi connectivity index (χ2v) is 5.57. The maximum atomic E-state index is 3.39. The SMILES string of the molecule is CCCCCCCCc1ccc(NCNCCC)cc1. The van der Waals surface area contributed by atoms with Crippen molar-refractivity contribution in [2.24, 2.45) is 0 Å². The van der Waals surface area contributed by atoms with Crippen LogP contribution in [0.3, 0.4) is 0 Å². The molecule has 114 valence electrons. The molecule has 0 unspecified atom stereocenters. The van der Waals surface area contributed by atoms with Crippen LogP contribution >= 0.6 is 0 Å². The monoisotopic (exact) mass is 276 g/mol. The van der Waals surface area contributed by atoms with Gasteiger partial charge in [-0.25, -0.2) is 0 Å². The summed E-state index contributed by atoms with van der Waals surface area (Å²) in [7, 11) is 0. The van der Waals surface area contributed by atoms with Gasteiger partial charge in [0.05, 0.1) is 6.67 Å². The Morgan fingerprint density at radius 3 is 2.20 bits per heavy atom. The van der Waals surface area contributed by atoms with E-state index < -0.39 is 0 Å². The van der Waals surface area contributed by atoms with Crippen LogP contribution in [0.2, 0.25) is 0 Å². The Hall–Kier alpha value is -1.02. The summed E-state index contributed by atoms with van der Waals surface area (Å²) in [5.41, 5.74) is 2.67. The molecule has 0 saturated heterocycles. The van der Waals surface area contributed by atoms with Gasteiger partial charge in [0.25, 0.3) is 0 Å². The summed E-state index contributed by atoms with van der Waals surface area (Å²) in [6.45, 7) is 6.38. The first-order valence-electron chi connectivity index (χ1n) is 8.40. The highest BCUT2D eigenvalue weighted by molar-refractivity contribution is 5.44. The van der Waals surface area contributed by atoms with Gasteiger partial charge in [-0.15, -0.1) is 0 Å². The van der Waals surface area contributed by atoms with E-state index in [0.717, 1.165) is 13.2 Å². The lowest BCUT2D eigenvalue weighted by atomic mass is 10.0. The third-order valence-electron chi connectivity index (χ3n) is 3.62. The quantitative estimate of drug-likeness (QED) is 0.416. The van der Waals surface area contributed by atoms with E-state index in [1.165, 1.54) is 62.6 Å². The number of benzene rings is 1. The highest BCUT2D eigenvalue weighted by Gasteiger charge is 1.95. The molecule has 1 aromatic rings. The zero-order valence-corrected chi connectivity index (χ0v) is 13.4. The molecule has 0 spiro atoms. The molecule has 0 aromatic heterocycles. The van der Waals surface area contributed by atoms with E-state index in [2.05, 4.69) is 48.7 Å². The maximum Gasteiger partial charge on any atom is 0.0653 e. The van der Waals surface area contributed by atoms with Crippen LogP contribution in [0.5, 0.6) is 0 Å². The van der Waals surface area contributed by atoms with Gasteiger partial charge in [0.1, 0.15) is 0 Å². The second kappa shape index (κ2) is 11.8. The topological polar surface area (TPSA) is 24.1 Å². The molecule has 0 aliphatic carbocycles. The minimum Gasteiger partial charge on any atom is -0.372 e. The maximum absolute atomic E-state index is 3.39. The normalized spacial score (nSPS) is 10.7. The third-order valence-corrected chi connectivity index (χ3v) is 3.62. The summed E-state index contributed by atoms with van der Waals surface area (Å²) in [5, 5.41) is 6.73. The van der Waals surface area contributed by atoms with Crippen molar-refractivity contribution >= 4 is 5.69 Å². The van der Waals surface area contributed by atoms with Gasteiger partial charge in [-0.3, -0.25) is 0 Å². The first-order valence-corrected chi connectivity index (χ1v) is 8.40. The van der Waals surface area contributed by atoms with Gasteiger partial charge in [0, 0.05) is 5.69 Å². The van der Waals surface area contributed by atoms with Gasteiger partial charge >= 0.3 is 0 Å². The van der Waals surface area contributed by atoms with Crippen molar-refractivity contribution < 1.29 is 0 Å². The summed E-state index contributed by atoms with van der Waals surface area (Å²) in [4.78, 5) is 0. The minimum atomic E-state index is 0.852. The van der Waals surface area contributed by atoms with Gasteiger partial charge in [-0.05, 0) is 43.5 Å². The fourth-order valence-corrected chi connectivity index (χ4v) is 2.33. The summed E-state index contributed by atoms with van der Waals surface area (Å²) in [6.07, 6.45) is 10.6. The molecule has 1 rings (SSSR count). The molecule has 2 N–H and O–H groups in total. The average Bonchev–Trinajstić information content (AvgIpc) is 2.49. The minimum absolute atomic E-state index is 0.852. The van der Waals surface area contributed by atoms with Crippen LogP contribution in [0.15, 0.2) is 24.3 Å². The van der Waals surface area contributed by atoms with E-state index in [0.29, 0.717) is 0 Å². The summed E-state index contributed by atoms with van der Waals surface area (Å²) < 4.78 is 0. The van der Waals surface area contributed by atoms with Gasteiger partial charge < -0.3 is 10.6 Å². The Balaban J connectivity index is 2.12. The van der Waals surface area contributed by atoms with E-state index >= 15 is 0 Å². The molecular weight excluding hydrogens is 244 g/mol. The van der Waals surface area contributed by atoms with Crippen LogP contribution in [-0.2, 0) is 6.42 Å². The molecule has 0 heterocycles. The molecule has 0 aliphatic rings. The zero-order valence-electron chi connectivity index (χ0n) is 13.4. The number of hydrogen-bond acceptors (Lipinski definition) is 2. The van der Waals surface area contributed by atoms with Crippen molar-refractivity contribution in [3.05, 3.63) is 29.8 Å². The van der Waals surface area contributed by atoms with Crippen molar-refractivity contribution in [2.75, 3.05) is 18.5 Å². The number of anilines is 1. The van der Waals surface area contributed by atoms with Crippen LogP contribution in [0, 0.1) is 0 Å². The fraction of sp³-hybridized carbons (Fsp3) is 0.667. The van der Waals surface area contributed by atoms with Crippen LogP contribution in [-0.4, -0.2) is 13.2 Å². The number of nitrogens with one attached hydrogen (secondary N) is 2. The number of rotatable bonds is 12. The highest BCUT2D eigenvalue weighted by Crippen LogP contribution is 2.13. The standard InChI is InChI=1S/C18H32N2/c1-3-5-6-7-8-9-10-17-11-13-18(14-12-17)20-16-19-15-4-2/h11-14,19-20H,3-10,15-16H2,1-2H3. The Bertz CT molecular complexity index is 319. The highest BCUT2D eigenvalue weighted by atomic mass is 15.1. The largest absolute Gasteiger partial charge is 0.372 e. The van der Waals surface area contributed by atoms with Crippen LogP contribution in [0.1, 0.15) is 64.4 Å². The number of unbranched alkanes of at least 4 members (excludes halogenated alkanes) is 5. The first kappa shape index (κ1) is 17.0. The van der Waals surface area contributed by atoms with Gasteiger partial charge in [-0.1, -0.05) is 58.1 Å². The molecule has 0 bridgehead atoms. The molecule has 0 amide bonds. The predicted octanol–water partition coefficient (Wildman–Crippen LogP) is 4.96. The van der Waals surface area contributed by atoms with E-state index in [1.54, 1.807) is 0 Å². The lowest BCUT2D eigenvalue weighted by Crippen LogP contribution is -2.22. The third kappa shape index (κ3) is 8.21. The van der Waals surface area contributed by atoms with Crippen molar-refractivity contribution in [1.29, 1.82) is 0 Å². The van der Waals surface area contributed by atoms with Crippen LogP contribution in [0.25, 0.3) is 0 Å². The molecule has 0 atom stereocenters. The van der Waals surface area contributed by atoms with Crippen LogP contribution < -0.4 is 10.6 Å². The summed E-state index contributed by atoms with van der Waals surface area (Å²) >= 11 is 0. The van der Waals surface area contributed by atoms with Crippen molar-refractivity contribution in [2.45, 2.75) is 65.2 Å². The summed E-state index contributed by atoms with van der Waals surface area (Å²) in [5.74, 6) is 0. The summed E-state index contributed by atoms with van der Waals surface area (Å²) in [6, 6.07) is 8.91. The lowest BCUT2D eigenvalue weighted by molar-refractivity contribution is 0.607.